The standard InChI is InChI=1S/C8H13N/c1-3-9-6-4-8(2)5-7-9/h4-8H,3H2,1-2H3. The minimum absolute atomic E-state index is 0.618. The molecule has 0 N–H and O–H groups in total. The lowest BCUT2D eigenvalue weighted by molar-refractivity contribution is 0.517. The first-order chi connectivity index (χ1) is 4.33. The van der Waals surface area contributed by atoms with Crippen LogP contribution in [0.3, 0.4) is 0 Å². The Hall–Kier alpha value is -0.720. The average Bonchev–Trinajstić information content (AvgIpc) is 1.90. The first kappa shape index (κ1) is 6.40. The molecule has 1 heterocycles. The Labute approximate surface area is 56.7 Å². The number of nitrogens with zero attached hydrogens (tertiary/aromatic N) is 1. The van der Waals surface area contributed by atoms with Crippen LogP contribution < -0.4 is 0 Å². The molecule has 0 aromatic carbocycles. The van der Waals surface area contributed by atoms with Crippen LogP contribution in [0.5, 0.6) is 0 Å². The summed E-state index contributed by atoms with van der Waals surface area (Å²) < 4.78 is 0. The average molecular weight is 123 g/mol. The molecule has 0 saturated carbocycles. The van der Waals surface area contributed by atoms with Gasteiger partial charge in [-0.1, -0.05) is 19.1 Å². The van der Waals surface area contributed by atoms with E-state index in [1.54, 1.807) is 0 Å². The Balaban J connectivity index is 2.48. The predicted octanol–water partition coefficient (Wildman–Crippen LogP) is 1.99. The summed E-state index contributed by atoms with van der Waals surface area (Å²) in [5.41, 5.74) is 0. The minimum atomic E-state index is 0.618. The molecule has 50 valence electrons. The van der Waals surface area contributed by atoms with Crippen LogP contribution >= 0.6 is 0 Å². The Morgan fingerprint density at radius 2 is 1.89 bits per heavy atom. The molecule has 0 spiro atoms. The summed E-state index contributed by atoms with van der Waals surface area (Å²) in [6.07, 6.45) is 8.66. The summed E-state index contributed by atoms with van der Waals surface area (Å²) in [6, 6.07) is 0. The van der Waals surface area contributed by atoms with Crippen molar-refractivity contribution in [2.24, 2.45) is 5.92 Å². The molecule has 1 nitrogen and oxygen atoms in total. The maximum Gasteiger partial charge on any atom is 0.0190 e. The maximum absolute atomic E-state index is 2.20. The fourth-order valence-corrected chi connectivity index (χ4v) is 0.817. The van der Waals surface area contributed by atoms with Crippen LogP contribution in [0.4, 0.5) is 0 Å². The molecule has 0 amide bonds. The van der Waals surface area contributed by atoms with Gasteiger partial charge in [0, 0.05) is 18.9 Å². The SMILES string of the molecule is CCN1C=CC(C)C=C1. The first-order valence-electron chi connectivity index (χ1n) is 3.45. The summed E-state index contributed by atoms with van der Waals surface area (Å²) in [5.74, 6) is 0.618. The highest BCUT2D eigenvalue weighted by Gasteiger charge is 1.97. The highest BCUT2D eigenvalue weighted by Crippen LogP contribution is 2.07. The van der Waals surface area contributed by atoms with Crippen molar-refractivity contribution in [1.29, 1.82) is 0 Å². The van der Waals surface area contributed by atoms with Crippen LogP contribution in [-0.2, 0) is 0 Å². The molecule has 0 bridgehead atoms. The van der Waals surface area contributed by atoms with Gasteiger partial charge < -0.3 is 4.90 Å². The lowest BCUT2D eigenvalue weighted by Crippen LogP contribution is -2.11. The zero-order valence-electron chi connectivity index (χ0n) is 6.04. The molecule has 0 aromatic rings. The van der Waals surface area contributed by atoms with Gasteiger partial charge in [0.2, 0.25) is 0 Å². The van der Waals surface area contributed by atoms with E-state index >= 15 is 0 Å². The third kappa shape index (κ3) is 1.60. The van der Waals surface area contributed by atoms with Gasteiger partial charge in [0.25, 0.3) is 0 Å². The summed E-state index contributed by atoms with van der Waals surface area (Å²) in [5, 5.41) is 0. The van der Waals surface area contributed by atoms with Gasteiger partial charge in [0.1, 0.15) is 0 Å². The number of rotatable bonds is 1. The number of hydrogen-bond acceptors (Lipinski definition) is 1. The topological polar surface area (TPSA) is 3.24 Å². The van der Waals surface area contributed by atoms with Gasteiger partial charge in [-0.05, 0) is 12.8 Å². The van der Waals surface area contributed by atoms with Gasteiger partial charge >= 0.3 is 0 Å². The van der Waals surface area contributed by atoms with E-state index in [0.717, 1.165) is 6.54 Å². The highest BCUT2D eigenvalue weighted by atomic mass is 15.1. The van der Waals surface area contributed by atoms with Gasteiger partial charge in [0.05, 0.1) is 0 Å². The molecule has 0 fully saturated rings. The van der Waals surface area contributed by atoms with E-state index in [4.69, 9.17) is 0 Å². The Morgan fingerprint density at radius 3 is 2.33 bits per heavy atom. The Kier molecular flexibility index (Phi) is 1.93. The normalized spacial score (nSPS) is 19.1. The van der Waals surface area contributed by atoms with E-state index in [1.165, 1.54) is 0 Å². The third-order valence-electron chi connectivity index (χ3n) is 1.53. The molecule has 1 heteroatoms. The van der Waals surface area contributed by atoms with Crippen molar-refractivity contribution in [3.63, 3.8) is 0 Å². The van der Waals surface area contributed by atoms with Crippen molar-refractivity contribution >= 4 is 0 Å². The van der Waals surface area contributed by atoms with Gasteiger partial charge in [-0.25, -0.2) is 0 Å². The smallest absolute Gasteiger partial charge is 0.0190 e. The lowest BCUT2D eigenvalue weighted by atomic mass is 10.1. The van der Waals surface area contributed by atoms with Crippen molar-refractivity contribution < 1.29 is 0 Å². The van der Waals surface area contributed by atoms with Crippen molar-refractivity contribution in [3.8, 4) is 0 Å². The van der Waals surface area contributed by atoms with Crippen LogP contribution in [0.25, 0.3) is 0 Å². The Bertz CT molecular complexity index is 122. The van der Waals surface area contributed by atoms with E-state index in [2.05, 4.69) is 43.3 Å². The molecule has 1 rings (SSSR count). The molecule has 1 aliphatic heterocycles. The molecule has 0 atom stereocenters. The summed E-state index contributed by atoms with van der Waals surface area (Å²) in [4.78, 5) is 2.17. The second-order valence-electron chi connectivity index (χ2n) is 2.37. The minimum Gasteiger partial charge on any atom is -0.355 e. The summed E-state index contributed by atoms with van der Waals surface area (Å²) >= 11 is 0. The van der Waals surface area contributed by atoms with Crippen molar-refractivity contribution in [3.05, 3.63) is 24.6 Å². The summed E-state index contributed by atoms with van der Waals surface area (Å²) in [6.45, 7) is 5.39. The third-order valence-corrected chi connectivity index (χ3v) is 1.53. The number of hydrogen-bond donors (Lipinski definition) is 0. The highest BCUT2D eigenvalue weighted by molar-refractivity contribution is 5.05. The fraction of sp³-hybridized carbons (Fsp3) is 0.500. The van der Waals surface area contributed by atoms with Crippen LogP contribution in [-0.4, -0.2) is 11.4 Å². The van der Waals surface area contributed by atoms with E-state index in [1.807, 2.05) is 0 Å². The summed E-state index contributed by atoms with van der Waals surface area (Å²) in [7, 11) is 0. The molecule has 0 unspecified atom stereocenters. The van der Waals surface area contributed by atoms with Gasteiger partial charge in [-0.3, -0.25) is 0 Å². The monoisotopic (exact) mass is 123 g/mol. The molecule has 9 heavy (non-hydrogen) atoms. The zero-order valence-corrected chi connectivity index (χ0v) is 6.04. The fourth-order valence-electron chi connectivity index (χ4n) is 0.817. The Morgan fingerprint density at radius 1 is 1.33 bits per heavy atom. The predicted molar refractivity (Wildman–Crippen MR) is 39.8 cm³/mol. The zero-order chi connectivity index (χ0) is 6.69. The molecule has 1 aliphatic rings. The molecular formula is C8H13N. The van der Waals surface area contributed by atoms with Crippen LogP contribution in [0, 0.1) is 5.92 Å². The van der Waals surface area contributed by atoms with E-state index in [-0.39, 0.29) is 0 Å². The molecular weight excluding hydrogens is 110 g/mol. The second kappa shape index (κ2) is 2.72. The van der Waals surface area contributed by atoms with Crippen LogP contribution in [0.1, 0.15) is 13.8 Å². The van der Waals surface area contributed by atoms with Gasteiger partial charge in [0.15, 0.2) is 0 Å². The van der Waals surface area contributed by atoms with Crippen molar-refractivity contribution in [1.82, 2.24) is 4.90 Å². The lowest BCUT2D eigenvalue weighted by Gasteiger charge is -2.17. The maximum atomic E-state index is 2.20. The van der Waals surface area contributed by atoms with Crippen molar-refractivity contribution in [2.75, 3.05) is 6.54 Å². The molecule has 0 aromatic heterocycles. The molecule has 0 saturated heterocycles. The quantitative estimate of drug-likeness (QED) is 0.515. The molecule has 0 aliphatic carbocycles. The number of allylic oxidation sites excluding steroid dienone is 2. The van der Waals surface area contributed by atoms with E-state index < -0.39 is 0 Å². The van der Waals surface area contributed by atoms with Crippen molar-refractivity contribution in [2.45, 2.75) is 13.8 Å². The van der Waals surface area contributed by atoms with E-state index in [0.29, 0.717) is 5.92 Å². The molecule has 0 radical (unpaired) electrons. The van der Waals surface area contributed by atoms with Gasteiger partial charge in [-0.2, -0.15) is 0 Å². The first-order valence-corrected chi connectivity index (χ1v) is 3.45. The van der Waals surface area contributed by atoms with E-state index in [9.17, 15) is 0 Å². The largest absolute Gasteiger partial charge is 0.355 e. The van der Waals surface area contributed by atoms with Gasteiger partial charge in [-0.15, -0.1) is 0 Å². The second-order valence-corrected chi connectivity index (χ2v) is 2.37. The van der Waals surface area contributed by atoms with Crippen LogP contribution in [0.2, 0.25) is 0 Å². The van der Waals surface area contributed by atoms with Crippen LogP contribution in [0.15, 0.2) is 24.6 Å².